The summed E-state index contributed by atoms with van der Waals surface area (Å²) in [5.41, 5.74) is 2.58. The molecule has 6 nitrogen and oxygen atoms in total. The Kier molecular flexibility index (Phi) is 9.78. The fourth-order valence-corrected chi connectivity index (χ4v) is 3.68. The number of likely N-dealkylation sites (tertiary alicyclic amines) is 1. The Bertz CT molecular complexity index is 585. The number of hydrogen-bond donors (Lipinski definition) is 1. The molecular weight excluding hydrogens is 455 g/mol. The number of halogens is 1. The zero-order chi connectivity index (χ0) is 18.2. The fourth-order valence-electron chi connectivity index (χ4n) is 3.68. The van der Waals surface area contributed by atoms with Gasteiger partial charge in [-0.3, -0.25) is 9.98 Å². The van der Waals surface area contributed by atoms with Gasteiger partial charge < -0.3 is 19.7 Å². The molecule has 2 saturated heterocycles. The number of rotatable bonds is 6. The molecule has 0 saturated carbocycles. The normalized spacial score (nSPS) is 21.2. The maximum Gasteiger partial charge on any atom is 0.193 e. The molecule has 0 aromatic carbocycles. The zero-order valence-corrected chi connectivity index (χ0v) is 18.9. The van der Waals surface area contributed by atoms with Crippen molar-refractivity contribution >= 4 is 29.9 Å². The highest BCUT2D eigenvalue weighted by molar-refractivity contribution is 14.0. The SMILES string of the molecule is CN=C(NCCc1ccncc1C)N1CCC(OCC2CCCO2)CC1.I. The predicted octanol–water partition coefficient (Wildman–Crippen LogP) is 2.79. The van der Waals surface area contributed by atoms with Gasteiger partial charge in [0.1, 0.15) is 0 Å². The van der Waals surface area contributed by atoms with Crippen molar-refractivity contribution in [1.29, 1.82) is 0 Å². The quantitative estimate of drug-likeness (QED) is 0.379. The third kappa shape index (κ3) is 6.87. The highest BCUT2D eigenvalue weighted by atomic mass is 127. The van der Waals surface area contributed by atoms with Crippen LogP contribution in [0.15, 0.2) is 23.5 Å². The molecule has 0 aliphatic carbocycles. The Morgan fingerprint density at radius 1 is 1.37 bits per heavy atom. The van der Waals surface area contributed by atoms with Crippen molar-refractivity contribution in [3.05, 3.63) is 29.6 Å². The van der Waals surface area contributed by atoms with Crippen LogP contribution in [0.1, 0.15) is 36.8 Å². The van der Waals surface area contributed by atoms with E-state index in [4.69, 9.17) is 9.47 Å². The van der Waals surface area contributed by atoms with E-state index in [0.29, 0.717) is 12.2 Å². The van der Waals surface area contributed by atoms with Crippen LogP contribution in [0.3, 0.4) is 0 Å². The van der Waals surface area contributed by atoms with E-state index in [9.17, 15) is 0 Å². The van der Waals surface area contributed by atoms with Crippen LogP contribution in [0.25, 0.3) is 0 Å². The van der Waals surface area contributed by atoms with Gasteiger partial charge in [-0.2, -0.15) is 0 Å². The molecule has 1 unspecified atom stereocenters. The van der Waals surface area contributed by atoms with Crippen molar-refractivity contribution in [3.8, 4) is 0 Å². The molecule has 3 heterocycles. The highest BCUT2D eigenvalue weighted by Crippen LogP contribution is 2.17. The van der Waals surface area contributed by atoms with Crippen LogP contribution in [0, 0.1) is 6.92 Å². The van der Waals surface area contributed by atoms with E-state index < -0.39 is 0 Å². The van der Waals surface area contributed by atoms with E-state index in [2.05, 4.69) is 33.2 Å². The van der Waals surface area contributed by atoms with Crippen LogP contribution in [-0.4, -0.2) is 67.9 Å². The monoisotopic (exact) mass is 488 g/mol. The molecule has 1 N–H and O–H groups in total. The summed E-state index contributed by atoms with van der Waals surface area (Å²) in [6.45, 7) is 6.62. The van der Waals surface area contributed by atoms with Crippen LogP contribution >= 0.6 is 24.0 Å². The number of pyridine rings is 1. The number of aromatic nitrogens is 1. The largest absolute Gasteiger partial charge is 0.376 e. The molecule has 0 spiro atoms. The van der Waals surface area contributed by atoms with Gasteiger partial charge in [0.05, 0.1) is 18.8 Å². The standard InChI is InChI=1S/C20H32N4O2.HI/c1-16-14-22-9-5-17(16)6-10-23-20(21-2)24-11-7-18(8-12-24)26-15-19-4-3-13-25-19;/h5,9,14,18-19H,3-4,6-8,10-13,15H2,1-2H3,(H,21,23);1H. The first kappa shape index (κ1) is 22.4. The third-order valence-electron chi connectivity index (χ3n) is 5.31. The molecule has 1 aromatic heterocycles. The van der Waals surface area contributed by atoms with Crippen LogP contribution in [0.4, 0.5) is 0 Å². The summed E-state index contributed by atoms with van der Waals surface area (Å²) in [6, 6.07) is 2.09. The molecule has 152 valence electrons. The predicted molar refractivity (Wildman–Crippen MR) is 119 cm³/mol. The lowest BCUT2D eigenvalue weighted by atomic mass is 10.1. The van der Waals surface area contributed by atoms with Gasteiger partial charge in [-0.15, -0.1) is 24.0 Å². The van der Waals surface area contributed by atoms with Crippen LogP contribution < -0.4 is 5.32 Å². The summed E-state index contributed by atoms with van der Waals surface area (Å²) in [5, 5.41) is 3.50. The van der Waals surface area contributed by atoms with Crippen molar-refractivity contribution in [2.24, 2.45) is 4.99 Å². The molecule has 2 fully saturated rings. The van der Waals surface area contributed by atoms with Gasteiger partial charge in [0.25, 0.3) is 0 Å². The molecule has 3 rings (SSSR count). The van der Waals surface area contributed by atoms with Gasteiger partial charge in [-0.1, -0.05) is 0 Å². The lowest BCUT2D eigenvalue weighted by Crippen LogP contribution is -2.47. The zero-order valence-electron chi connectivity index (χ0n) is 16.5. The summed E-state index contributed by atoms with van der Waals surface area (Å²) in [7, 11) is 1.86. The van der Waals surface area contributed by atoms with Crippen molar-refractivity contribution in [3.63, 3.8) is 0 Å². The van der Waals surface area contributed by atoms with Gasteiger partial charge in [0.2, 0.25) is 0 Å². The maximum atomic E-state index is 6.06. The van der Waals surface area contributed by atoms with Crippen LogP contribution in [0.2, 0.25) is 0 Å². The number of aryl methyl sites for hydroxylation is 1. The average Bonchev–Trinajstić information content (AvgIpc) is 3.19. The molecule has 2 aliphatic heterocycles. The molecule has 0 bridgehead atoms. The van der Waals surface area contributed by atoms with Crippen molar-refractivity contribution in [2.45, 2.75) is 51.2 Å². The summed E-state index contributed by atoms with van der Waals surface area (Å²) < 4.78 is 11.7. The number of nitrogens with one attached hydrogen (secondary N) is 1. The van der Waals surface area contributed by atoms with Gasteiger partial charge in [0.15, 0.2) is 5.96 Å². The summed E-state index contributed by atoms with van der Waals surface area (Å²) in [4.78, 5) is 10.9. The second-order valence-corrected chi connectivity index (χ2v) is 7.18. The molecular formula is C20H33IN4O2. The Labute approximate surface area is 180 Å². The smallest absolute Gasteiger partial charge is 0.193 e. The van der Waals surface area contributed by atoms with Crippen LogP contribution in [0.5, 0.6) is 0 Å². The first-order valence-electron chi connectivity index (χ1n) is 9.84. The lowest BCUT2D eigenvalue weighted by Gasteiger charge is -2.34. The molecule has 27 heavy (non-hydrogen) atoms. The molecule has 1 atom stereocenters. The number of nitrogens with zero attached hydrogens (tertiary/aromatic N) is 3. The highest BCUT2D eigenvalue weighted by Gasteiger charge is 2.24. The lowest BCUT2D eigenvalue weighted by molar-refractivity contribution is -0.0367. The maximum absolute atomic E-state index is 6.06. The minimum absolute atomic E-state index is 0. The average molecular weight is 488 g/mol. The number of guanidine groups is 1. The van der Waals surface area contributed by atoms with E-state index in [-0.39, 0.29) is 24.0 Å². The van der Waals surface area contributed by atoms with E-state index in [1.807, 2.05) is 19.4 Å². The minimum atomic E-state index is 0. The molecule has 0 radical (unpaired) electrons. The Morgan fingerprint density at radius 2 is 2.19 bits per heavy atom. The van der Waals surface area contributed by atoms with E-state index in [0.717, 1.165) is 64.5 Å². The Morgan fingerprint density at radius 3 is 2.85 bits per heavy atom. The van der Waals surface area contributed by atoms with Crippen LogP contribution in [-0.2, 0) is 15.9 Å². The van der Waals surface area contributed by atoms with E-state index in [1.165, 1.54) is 17.5 Å². The topological polar surface area (TPSA) is 59.0 Å². The van der Waals surface area contributed by atoms with Crippen molar-refractivity contribution < 1.29 is 9.47 Å². The van der Waals surface area contributed by atoms with Gasteiger partial charge >= 0.3 is 0 Å². The third-order valence-corrected chi connectivity index (χ3v) is 5.31. The molecule has 0 amide bonds. The second kappa shape index (κ2) is 11.8. The van der Waals surface area contributed by atoms with Gasteiger partial charge in [-0.25, -0.2) is 0 Å². The second-order valence-electron chi connectivity index (χ2n) is 7.18. The number of piperidine rings is 1. The number of hydrogen-bond acceptors (Lipinski definition) is 4. The summed E-state index contributed by atoms with van der Waals surface area (Å²) in [5.74, 6) is 0.995. The fraction of sp³-hybridized carbons (Fsp3) is 0.700. The molecule has 7 heteroatoms. The van der Waals surface area contributed by atoms with Gasteiger partial charge in [0, 0.05) is 45.7 Å². The first-order chi connectivity index (χ1) is 12.8. The summed E-state index contributed by atoms with van der Waals surface area (Å²) >= 11 is 0. The molecule has 2 aliphatic rings. The Balaban J connectivity index is 0.00000261. The van der Waals surface area contributed by atoms with E-state index >= 15 is 0 Å². The number of ether oxygens (including phenoxy) is 2. The van der Waals surface area contributed by atoms with E-state index in [1.54, 1.807) is 0 Å². The minimum Gasteiger partial charge on any atom is -0.376 e. The number of aliphatic imine (C=N–C) groups is 1. The molecule has 1 aromatic rings. The van der Waals surface area contributed by atoms with Gasteiger partial charge in [-0.05, 0) is 56.2 Å². The van der Waals surface area contributed by atoms with Crippen molar-refractivity contribution in [1.82, 2.24) is 15.2 Å². The van der Waals surface area contributed by atoms with Crippen molar-refractivity contribution in [2.75, 3.05) is 39.9 Å². The first-order valence-corrected chi connectivity index (χ1v) is 9.84. The summed E-state index contributed by atoms with van der Waals surface area (Å²) in [6.07, 6.45) is 9.86. The Hall–Kier alpha value is -0.930.